The van der Waals surface area contributed by atoms with Gasteiger partial charge in [-0.3, -0.25) is 4.79 Å². The van der Waals surface area contributed by atoms with Crippen LogP contribution in [0.3, 0.4) is 0 Å². The topological polar surface area (TPSA) is 81.0 Å². The maximum absolute atomic E-state index is 12.9. The standard InChI is InChI=1S/C25H27N3O4S2/c1-4-14-28-22-11-8-20(32-5-2)17-23(22)33-25(28)26-24(29)19-6-9-21(10-7-19)34(30,31)27-15-12-18(3)13-16-27/h1,6-11,17-18H,5,12-16H2,2-3H3. The molecule has 2 heterocycles. The molecule has 0 unspecified atom stereocenters. The molecule has 1 amide bonds. The minimum Gasteiger partial charge on any atom is -0.494 e. The van der Waals surface area contributed by atoms with Gasteiger partial charge in [-0.1, -0.05) is 24.2 Å². The highest BCUT2D eigenvalue weighted by Crippen LogP contribution is 2.25. The lowest BCUT2D eigenvalue weighted by atomic mass is 10.0. The van der Waals surface area contributed by atoms with Gasteiger partial charge in [0.1, 0.15) is 5.75 Å². The number of terminal acetylenes is 1. The van der Waals surface area contributed by atoms with Crippen LogP contribution in [0.2, 0.25) is 0 Å². The van der Waals surface area contributed by atoms with E-state index in [1.807, 2.05) is 29.7 Å². The average molecular weight is 498 g/mol. The molecule has 2 aromatic carbocycles. The zero-order valence-corrected chi connectivity index (χ0v) is 20.9. The summed E-state index contributed by atoms with van der Waals surface area (Å²) in [6.07, 6.45) is 7.26. The normalized spacial score (nSPS) is 16.0. The summed E-state index contributed by atoms with van der Waals surface area (Å²) in [6, 6.07) is 11.6. The number of hydrogen-bond acceptors (Lipinski definition) is 5. The summed E-state index contributed by atoms with van der Waals surface area (Å²) in [6.45, 7) is 5.91. The van der Waals surface area contributed by atoms with E-state index in [2.05, 4.69) is 17.8 Å². The first-order chi connectivity index (χ1) is 16.3. The molecular formula is C25H27N3O4S2. The van der Waals surface area contributed by atoms with Gasteiger partial charge in [-0.2, -0.15) is 9.30 Å². The molecule has 1 aliphatic heterocycles. The van der Waals surface area contributed by atoms with E-state index in [4.69, 9.17) is 11.2 Å². The van der Waals surface area contributed by atoms with Gasteiger partial charge in [-0.15, -0.1) is 6.42 Å². The Kier molecular flexibility index (Phi) is 7.22. The molecule has 1 aliphatic rings. The van der Waals surface area contributed by atoms with Crippen LogP contribution >= 0.6 is 11.3 Å². The molecule has 0 atom stereocenters. The highest BCUT2D eigenvalue weighted by Gasteiger charge is 2.28. The molecule has 9 heteroatoms. The number of thiazole rings is 1. The molecule has 1 saturated heterocycles. The van der Waals surface area contributed by atoms with Gasteiger partial charge >= 0.3 is 0 Å². The Morgan fingerprint density at radius 1 is 1.21 bits per heavy atom. The van der Waals surface area contributed by atoms with E-state index in [-0.39, 0.29) is 11.4 Å². The van der Waals surface area contributed by atoms with Crippen molar-refractivity contribution < 1.29 is 17.9 Å². The second-order valence-corrected chi connectivity index (χ2v) is 11.2. The highest BCUT2D eigenvalue weighted by atomic mass is 32.2. The number of carbonyl (C=O) groups is 1. The van der Waals surface area contributed by atoms with Crippen molar-refractivity contribution in [2.24, 2.45) is 10.9 Å². The summed E-state index contributed by atoms with van der Waals surface area (Å²) >= 11 is 1.35. The fraction of sp³-hybridized carbons (Fsp3) is 0.360. The van der Waals surface area contributed by atoms with Crippen molar-refractivity contribution >= 4 is 37.5 Å². The number of nitrogens with zero attached hydrogens (tertiary/aromatic N) is 3. The Labute approximate surface area is 203 Å². The number of carbonyl (C=O) groups excluding carboxylic acids is 1. The van der Waals surface area contributed by atoms with Crippen LogP contribution in [-0.2, 0) is 16.6 Å². The van der Waals surface area contributed by atoms with Crippen LogP contribution in [0.5, 0.6) is 5.75 Å². The van der Waals surface area contributed by atoms with Crippen molar-refractivity contribution in [3.05, 3.63) is 52.8 Å². The number of rotatable bonds is 6. The summed E-state index contributed by atoms with van der Waals surface area (Å²) in [4.78, 5) is 17.9. The van der Waals surface area contributed by atoms with E-state index >= 15 is 0 Å². The quantitative estimate of drug-likeness (QED) is 0.484. The SMILES string of the molecule is C#CCn1c(=NC(=O)c2ccc(S(=O)(=O)N3CCC(C)CC3)cc2)sc2cc(OCC)ccc21. The van der Waals surface area contributed by atoms with Crippen molar-refractivity contribution in [3.8, 4) is 18.1 Å². The van der Waals surface area contributed by atoms with Crippen molar-refractivity contribution in [2.75, 3.05) is 19.7 Å². The largest absolute Gasteiger partial charge is 0.494 e. The predicted molar refractivity (Wildman–Crippen MR) is 133 cm³/mol. The van der Waals surface area contributed by atoms with Gasteiger partial charge < -0.3 is 9.30 Å². The van der Waals surface area contributed by atoms with E-state index in [1.165, 1.54) is 39.9 Å². The Morgan fingerprint density at radius 2 is 1.91 bits per heavy atom. The fourth-order valence-electron chi connectivity index (χ4n) is 3.93. The van der Waals surface area contributed by atoms with E-state index in [0.717, 1.165) is 28.8 Å². The molecule has 0 bridgehead atoms. The summed E-state index contributed by atoms with van der Waals surface area (Å²) < 4.78 is 35.7. The smallest absolute Gasteiger partial charge is 0.279 e. The molecule has 0 radical (unpaired) electrons. The Balaban J connectivity index is 1.62. The van der Waals surface area contributed by atoms with Gasteiger partial charge in [-0.05, 0) is 68.1 Å². The number of piperidine rings is 1. The molecule has 1 aromatic heterocycles. The molecule has 3 aromatic rings. The zero-order valence-electron chi connectivity index (χ0n) is 19.2. The molecule has 1 fully saturated rings. The minimum absolute atomic E-state index is 0.186. The Hall–Kier alpha value is -2.93. The molecule has 0 N–H and O–H groups in total. The molecule has 34 heavy (non-hydrogen) atoms. The number of sulfonamides is 1. The van der Waals surface area contributed by atoms with Crippen molar-refractivity contribution in [3.63, 3.8) is 0 Å². The van der Waals surface area contributed by atoms with E-state index in [0.29, 0.717) is 36.0 Å². The summed E-state index contributed by atoms with van der Waals surface area (Å²) in [5.41, 5.74) is 1.18. The first-order valence-corrected chi connectivity index (χ1v) is 13.5. The van der Waals surface area contributed by atoms with Gasteiger partial charge in [-0.25, -0.2) is 8.42 Å². The predicted octanol–water partition coefficient (Wildman–Crippen LogP) is 3.90. The fourth-order valence-corrected chi connectivity index (χ4v) is 6.46. The minimum atomic E-state index is -3.57. The van der Waals surface area contributed by atoms with Crippen molar-refractivity contribution in [2.45, 2.75) is 38.1 Å². The van der Waals surface area contributed by atoms with Crippen LogP contribution in [0.25, 0.3) is 10.2 Å². The van der Waals surface area contributed by atoms with E-state index in [1.54, 1.807) is 0 Å². The van der Waals surface area contributed by atoms with E-state index < -0.39 is 15.9 Å². The molecule has 4 rings (SSSR count). The zero-order chi connectivity index (χ0) is 24.3. The van der Waals surface area contributed by atoms with Crippen LogP contribution in [0.15, 0.2) is 52.4 Å². The molecule has 0 saturated carbocycles. The first-order valence-electron chi connectivity index (χ1n) is 11.2. The Bertz CT molecular complexity index is 1410. The lowest BCUT2D eigenvalue weighted by molar-refractivity contribution is 0.0997. The van der Waals surface area contributed by atoms with Crippen molar-refractivity contribution in [1.29, 1.82) is 0 Å². The van der Waals surface area contributed by atoms with Crippen LogP contribution in [0.1, 0.15) is 37.0 Å². The van der Waals surface area contributed by atoms with Crippen LogP contribution < -0.4 is 9.54 Å². The van der Waals surface area contributed by atoms with Crippen LogP contribution in [0.4, 0.5) is 0 Å². The van der Waals surface area contributed by atoms with Gasteiger partial charge in [0.05, 0.1) is 28.3 Å². The van der Waals surface area contributed by atoms with Crippen LogP contribution in [-0.4, -0.2) is 42.9 Å². The number of ether oxygens (including phenoxy) is 1. The molecule has 0 spiro atoms. The summed E-state index contributed by atoms with van der Waals surface area (Å²) in [5.74, 6) is 3.42. The van der Waals surface area contributed by atoms with E-state index in [9.17, 15) is 13.2 Å². The maximum Gasteiger partial charge on any atom is 0.279 e. The van der Waals surface area contributed by atoms with Gasteiger partial charge in [0.2, 0.25) is 10.0 Å². The second-order valence-electron chi connectivity index (χ2n) is 8.27. The molecular weight excluding hydrogens is 470 g/mol. The number of fused-ring (bicyclic) bond motifs is 1. The third-order valence-corrected chi connectivity index (χ3v) is 8.85. The highest BCUT2D eigenvalue weighted by molar-refractivity contribution is 7.89. The maximum atomic E-state index is 12.9. The third kappa shape index (κ3) is 4.94. The van der Waals surface area contributed by atoms with Gasteiger partial charge in [0.15, 0.2) is 4.80 Å². The monoisotopic (exact) mass is 497 g/mol. The Morgan fingerprint density at radius 3 is 2.56 bits per heavy atom. The third-order valence-electron chi connectivity index (χ3n) is 5.89. The van der Waals surface area contributed by atoms with Gasteiger partial charge in [0.25, 0.3) is 5.91 Å². The number of hydrogen-bond donors (Lipinski definition) is 0. The average Bonchev–Trinajstić information content (AvgIpc) is 3.16. The lowest BCUT2D eigenvalue weighted by Crippen LogP contribution is -2.37. The lowest BCUT2D eigenvalue weighted by Gasteiger charge is -2.29. The number of amides is 1. The molecule has 178 valence electrons. The first kappa shape index (κ1) is 24.2. The number of benzene rings is 2. The molecule has 7 nitrogen and oxygen atoms in total. The number of aromatic nitrogens is 1. The van der Waals surface area contributed by atoms with Crippen molar-refractivity contribution in [1.82, 2.24) is 8.87 Å². The van der Waals surface area contributed by atoms with Crippen LogP contribution in [0, 0.1) is 18.3 Å². The summed E-state index contributed by atoms with van der Waals surface area (Å²) in [7, 11) is -3.57. The molecule has 0 aliphatic carbocycles. The summed E-state index contributed by atoms with van der Waals surface area (Å²) in [5, 5.41) is 0. The second kappa shape index (κ2) is 10.1. The van der Waals surface area contributed by atoms with Gasteiger partial charge in [0, 0.05) is 18.7 Å².